The van der Waals surface area contributed by atoms with Crippen LogP contribution in [0.2, 0.25) is 5.02 Å². The number of nitrogens with one attached hydrogen (secondary N) is 1. The fourth-order valence-corrected chi connectivity index (χ4v) is 5.43. The first-order chi connectivity index (χ1) is 17.4. The first kappa shape index (κ1) is 24.3. The lowest BCUT2D eigenvalue weighted by Crippen LogP contribution is -2.25. The zero-order chi connectivity index (χ0) is 25.2. The minimum atomic E-state index is -0.589. The minimum Gasteiger partial charge on any atom is -0.326 e. The number of halogens is 1. The number of carbonyl (C=O) groups is 2. The summed E-state index contributed by atoms with van der Waals surface area (Å²) in [5.41, 5.74) is 5.95. The third-order valence-electron chi connectivity index (χ3n) is 6.36. The summed E-state index contributed by atoms with van der Waals surface area (Å²) < 4.78 is 0. The summed E-state index contributed by atoms with van der Waals surface area (Å²) in [7, 11) is 0. The van der Waals surface area contributed by atoms with Crippen molar-refractivity contribution in [2.45, 2.75) is 38.0 Å². The van der Waals surface area contributed by atoms with Gasteiger partial charge in [0.15, 0.2) is 5.17 Å². The predicted molar refractivity (Wildman–Crippen MR) is 147 cm³/mol. The molecule has 0 spiro atoms. The number of amidine groups is 1. The first-order valence-corrected chi connectivity index (χ1v) is 13.0. The number of amides is 2. The minimum absolute atomic E-state index is 0.0398. The topological polar surface area (TPSA) is 74.1 Å². The Balaban J connectivity index is 1.33. The van der Waals surface area contributed by atoms with E-state index in [1.807, 2.05) is 91.7 Å². The molecule has 0 saturated heterocycles. The molecule has 0 bridgehead atoms. The molecular formula is C28H25ClN4O2S. The van der Waals surface area contributed by atoms with Gasteiger partial charge in [-0.05, 0) is 60.4 Å². The monoisotopic (exact) mass is 516 g/mol. The molecule has 0 aromatic heterocycles. The Morgan fingerprint density at radius 2 is 1.81 bits per heavy atom. The molecule has 1 N–H and O–H groups in total. The summed E-state index contributed by atoms with van der Waals surface area (Å²) in [4.78, 5) is 29.8. The number of thioether (sulfide) groups is 1. The van der Waals surface area contributed by atoms with Gasteiger partial charge >= 0.3 is 0 Å². The van der Waals surface area contributed by atoms with Crippen LogP contribution in [0.5, 0.6) is 0 Å². The number of hydrogen-bond donors (Lipinski definition) is 1. The number of carbonyl (C=O) groups excluding carboxylic acids is 2. The van der Waals surface area contributed by atoms with Gasteiger partial charge < -0.3 is 5.32 Å². The molecule has 3 aromatic rings. The van der Waals surface area contributed by atoms with Crippen LogP contribution in [0, 0.1) is 13.8 Å². The second-order valence-electron chi connectivity index (χ2n) is 8.92. The fourth-order valence-electron chi connectivity index (χ4n) is 4.24. The summed E-state index contributed by atoms with van der Waals surface area (Å²) in [5.74, 6) is -0.534. The molecule has 8 heteroatoms. The summed E-state index contributed by atoms with van der Waals surface area (Å²) >= 11 is 7.41. The smallest absolute Gasteiger partial charge is 0.262 e. The summed E-state index contributed by atoms with van der Waals surface area (Å²) in [6.45, 7) is 4.02. The van der Waals surface area contributed by atoms with E-state index in [0.717, 1.165) is 33.7 Å². The zero-order valence-corrected chi connectivity index (χ0v) is 21.5. The number of nitrogens with zero attached hydrogens (tertiary/aromatic N) is 3. The molecule has 2 heterocycles. The van der Waals surface area contributed by atoms with Crippen molar-refractivity contribution in [1.29, 1.82) is 0 Å². The van der Waals surface area contributed by atoms with E-state index in [2.05, 4.69) is 10.3 Å². The van der Waals surface area contributed by atoms with Gasteiger partial charge in [-0.1, -0.05) is 71.9 Å². The van der Waals surface area contributed by atoms with Crippen LogP contribution in [0.3, 0.4) is 0 Å². The van der Waals surface area contributed by atoms with E-state index >= 15 is 0 Å². The largest absolute Gasteiger partial charge is 0.326 e. The molecule has 2 amide bonds. The molecule has 0 radical (unpaired) electrons. The lowest BCUT2D eigenvalue weighted by Gasteiger charge is -2.23. The normalized spacial score (nSPS) is 19.3. The number of aryl methyl sites for hydroxylation is 2. The van der Waals surface area contributed by atoms with Crippen molar-refractivity contribution in [3.63, 3.8) is 0 Å². The lowest BCUT2D eigenvalue weighted by molar-refractivity contribution is -0.121. The maximum Gasteiger partial charge on any atom is 0.262 e. The van der Waals surface area contributed by atoms with Gasteiger partial charge in [-0.15, -0.1) is 0 Å². The zero-order valence-electron chi connectivity index (χ0n) is 19.9. The number of hydrogen-bond acceptors (Lipinski definition) is 5. The van der Waals surface area contributed by atoms with Crippen molar-refractivity contribution in [3.05, 3.63) is 100 Å². The molecule has 0 unspecified atom stereocenters. The highest BCUT2D eigenvalue weighted by molar-refractivity contribution is 8.15. The van der Waals surface area contributed by atoms with Crippen molar-refractivity contribution in [2.75, 3.05) is 5.32 Å². The molecule has 6 nitrogen and oxygen atoms in total. The molecule has 5 rings (SSSR count). The number of aliphatic imine (C=N–C) groups is 1. The van der Waals surface area contributed by atoms with E-state index in [1.54, 1.807) is 0 Å². The standard InChI is InChI=1S/C28H25ClN4O2S/c1-17-8-13-22(14-18(17)2)30-26(34)16-25-27(35)31-28(36-25)33-24(20-9-11-21(29)12-10-20)15-23(32-33)19-6-4-3-5-7-19/h3-14,24-25H,15-16H2,1-2H3,(H,30,34)/t24-,25+/m1/s1. The Hall–Kier alpha value is -3.42. The lowest BCUT2D eigenvalue weighted by atomic mass is 9.99. The summed E-state index contributed by atoms with van der Waals surface area (Å²) in [6, 6.07) is 23.3. The highest BCUT2D eigenvalue weighted by Crippen LogP contribution is 2.38. The van der Waals surface area contributed by atoms with Crippen molar-refractivity contribution < 1.29 is 9.59 Å². The van der Waals surface area contributed by atoms with Gasteiger partial charge in [0.2, 0.25) is 5.91 Å². The van der Waals surface area contributed by atoms with Crippen LogP contribution < -0.4 is 5.32 Å². The molecule has 182 valence electrons. The second-order valence-corrected chi connectivity index (χ2v) is 10.5. The maximum atomic E-state index is 12.8. The Bertz CT molecular complexity index is 1370. The van der Waals surface area contributed by atoms with Crippen LogP contribution in [0.25, 0.3) is 0 Å². The molecule has 0 fully saturated rings. The van der Waals surface area contributed by atoms with Crippen molar-refractivity contribution in [3.8, 4) is 0 Å². The Morgan fingerprint density at radius 3 is 2.53 bits per heavy atom. The molecule has 0 aliphatic carbocycles. The van der Waals surface area contributed by atoms with E-state index < -0.39 is 5.25 Å². The number of benzene rings is 3. The van der Waals surface area contributed by atoms with Gasteiger partial charge in [0, 0.05) is 23.6 Å². The van der Waals surface area contributed by atoms with Gasteiger partial charge in [-0.3, -0.25) is 9.59 Å². The fraction of sp³-hybridized carbons (Fsp3) is 0.214. The van der Waals surface area contributed by atoms with Gasteiger partial charge in [0.1, 0.15) is 5.25 Å². The highest BCUT2D eigenvalue weighted by Gasteiger charge is 2.39. The third-order valence-corrected chi connectivity index (χ3v) is 7.75. The molecule has 0 saturated carbocycles. The van der Waals surface area contributed by atoms with Crippen LogP contribution in [0.15, 0.2) is 82.9 Å². The van der Waals surface area contributed by atoms with Crippen LogP contribution >= 0.6 is 23.4 Å². The van der Waals surface area contributed by atoms with Gasteiger partial charge in [0.25, 0.3) is 5.91 Å². The Labute approximate surface area is 219 Å². The van der Waals surface area contributed by atoms with Crippen molar-refractivity contribution in [2.24, 2.45) is 10.1 Å². The number of rotatable bonds is 5. The molecule has 2 aliphatic rings. The highest BCUT2D eigenvalue weighted by atomic mass is 35.5. The maximum absolute atomic E-state index is 12.8. The second kappa shape index (κ2) is 10.3. The van der Waals surface area contributed by atoms with Crippen molar-refractivity contribution >= 4 is 51.7 Å². The van der Waals surface area contributed by atoms with Gasteiger partial charge in [-0.2, -0.15) is 10.1 Å². The average Bonchev–Trinajstić information content (AvgIpc) is 3.46. The van der Waals surface area contributed by atoms with Crippen LogP contribution in [-0.4, -0.2) is 33.0 Å². The summed E-state index contributed by atoms with van der Waals surface area (Å²) in [6.07, 6.45) is 0.704. The summed E-state index contributed by atoms with van der Waals surface area (Å²) in [5, 5.41) is 10.2. The SMILES string of the molecule is Cc1ccc(NC(=O)C[C@@H]2SC(N3N=C(c4ccccc4)C[C@@H]3c3ccc(Cl)cc3)=NC2=O)cc1C. The Morgan fingerprint density at radius 1 is 1.06 bits per heavy atom. The van der Waals surface area contributed by atoms with E-state index in [1.165, 1.54) is 11.8 Å². The average molecular weight is 517 g/mol. The van der Waals surface area contributed by atoms with Crippen molar-refractivity contribution in [1.82, 2.24) is 5.01 Å². The molecule has 3 aromatic carbocycles. The molecule has 2 atom stereocenters. The van der Waals surface area contributed by atoms with E-state index in [-0.39, 0.29) is 24.3 Å². The Kier molecular flexibility index (Phi) is 6.94. The first-order valence-electron chi connectivity index (χ1n) is 11.7. The molecule has 2 aliphatic heterocycles. The number of anilines is 1. The van der Waals surface area contributed by atoms with Gasteiger partial charge in [0.05, 0.1) is 11.8 Å². The number of hydrazone groups is 1. The van der Waals surface area contributed by atoms with E-state index in [9.17, 15) is 9.59 Å². The van der Waals surface area contributed by atoms with E-state index in [4.69, 9.17) is 16.7 Å². The predicted octanol–water partition coefficient (Wildman–Crippen LogP) is 6.13. The third kappa shape index (κ3) is 5.22. The van der Waals surface area contributed by atoms with Gasteiger partial charge in [-0.25, -0.2) is 5.01 Å². The van der Waals surface area contributed by atoms with Crippen LogP contribution in [0.4, 0.5) is 5.69 Å². The molecule has 36 heavy (non-hydrogen) atoms. The van der Waals surface area contributed by atoms with E-state index in [0.29, 0.717) is 16.6 Å². The van der Waals surface area contributed by atoms with Crippen LogP contribution in [0.1, 0.15) is 41.1 Å². The molecular weight excluding hydrogens is 492 g/mol. The quantitative estimate of drug-likeness (QED) is 0.442. The van der Waals surface area contributed by atoms with Crippen LogP contribution in [-0.2, 0) is 9.59 Å².